The number of hydrogen-bond donors (Lipinski definition) is 0. The first-order valence-corrected chi connectivity index (χ1v) is 10.0. The zero-order valence-electron chi connectivity index (χ0n) is 16.5. The van der Waals surface area contributed by atoms with E-state index in [-0.39, 0.29) is 11.8 Å². The van der Waals surface area contributed by atoms with E-state index in [0.29, 0.717) is 30.8 Å². The molecule has 3 aromatic rings. The molecule has 1 aliphatic heterocycles. The molecule has 0 unspecified atom stereocenters. The van der Waals surface area contributed by atoms with Crippen molar-refractivity contribution < 1.29 is 9.59 Å². The van der Waals surface area contributed by atoms with Crippen LogP contribution in [0.15, 0.2) is 78.9 Å². The standard InChI is InChI=1S/C25H24N2O2/c1-2-26(18-19-9-4-3-5-10-19)24(28)21-12-8-13-22(17-21)25(29)27-16-15-20-11-6-7-14-23(20)27/h3-14,17H,2,15-16,18H2,1H3. The molecule has 0 radical (unpaired) electrons. The van der Waals surface area contributed by atoms with Crippen molar-refractivity contribution >= 4 is 17.5 Å². The maximum atomic E-state index is 13.1. The predicted octanol–water partition coefficient (Wildman–Crippen LogP) is 4.55. The minimum absolute atomic E-state index is 0.0595. The van der Waals surface area contributed by atoms with Gasteiger partial charge in [0.05, 0.1) is 0 Å². The SMILES string of the molecule is CCN(Cc1ccccc1)C(=O)c1cccc(C(=O)N2CCc3ccccc32)c1. The normalized spacial score (nSPS) is 12.5. The van der Waals surface area contributed by atoms with Crippen molar-refractivity contribution in [3.05, 3.63) is 101 Å². The summed E-state index contributed by atoms with van der Waals surface area (Å²) in [5.41, 5.74) is 4.33. The van der Waals surface area contributed by atoms with Crippen LogP contribution < -0.4 is 4.90 Å². The van der Waals surface area contributed by atoms with Crippen LogP contribution in [-0.2, 0) is 13.0 Å². The number of hydrogen-bond acceptors (Lipinski definition) is 2. The first-order valence-electron chi connectivity index (χ1n) is 10.0. The van der Waals surface area contributed by atoms with E-state index in [0.717, 1.165) is 17.7 Å². The van der Waals surface area contributed by atoms with Gasteiger partial charge in [0.2, 0.25) is 0 Å². The predicted molar refractivity (Wildman–Crippen MR) is 115 cm³/mol. The average Bonchev–Trinajstić information content (AvgIpc) is 3.21. The highest BCUT2D eigenvalue weighted by molar-refractivity contribution is 6.08. The Morgan fingerprint density at radius 2 is 1.62 bits per heavy atom. The van der Waals surface area contributed by atoms with Gasteiger partial charge in [0.15, 0.2) is 0 Å². The lowest BCUT2D eigenvalue weighted by Crippen LogP contribution is -2.31. The Labute approximate surface area is 171 Å². The van der Waals surface area contributed by atoms with Gasteiger partial charge in [-0.2, -0.15) is 0 Å². The van der Waals surface area contributed by atoms with Crippen LogP contribution in [0.4, 0.5) is 5.69 Å². The summed E-state index contributed by atoms with van der Waals surface area (Å²) in [6.45, 7) is 3.79. The molecule has 146 valence electrons. The number of amides is 2. The maximum Gasteiger partial charge on any atom is 0.258 e. The third-order valence-corrected chi connectivity index (χ3v) is 5.37. The number of carbonyl (C=O) groups is 2. The molecule has 4 rings (SSSR count). The molecule has 0 saturated heterocycles. The molecule has 2 amide bonds. The van der Waals surface area contributed by atoms with E-state index in [9.17, 15) is 9.59 Å². The summed E-state index contributed by atoms with van der Waals surface area (Å²) in [6.07, 6.45) is 0.862. The molecule has 3 aromatic carbocycles. The Balaban J connectivity index is 1.55. The van der Waals surface area contributed by atoms with Gasteiger partial charge in [-0.3, -0.25) is 9.59 Å². The van der Waals surface area contributed by atoms with E-state index in [1.807, 2.05) is 55.5 Å². The molecule has 0 spiro atoms. The summed E-state index contributed by atoms with van der Waals surface area (Å²) in [6, 6.07) is 25.0. The molecular formula is C25H24N2O2. The van der Waals surface area contributed by atoms with Gasteiger partial charge < -0.3 is 9.80 Å². The Hall–Kier alpha value is -3.40. The second-order valence-corrected chi connectivity index (χ2v) is 7.22. The number of carbonyl (C=O) groups excluding carboxylic acids is 2. The number of benzene rings is 3. The maximum absolute atomic E-state index is 13.1. The van der Waals surface area contributed by atoms with Gasteiger partial charge in [0, 0.05) is 36.4 Å². The van der Waals surface area contributed by atoms with E-state index in [2.05, 4.69) is 6.07 Å². The second kappa shape index (κ2) is 8.31. The number of fused-ring (bicyclic) bond motifs is 1. The molecular weight excluding hydrogens is 360 g/mol. The molecule has 1 aliphatic rings. The third-order valence-electron chi connectivity index (χ3n) is 5.37. The second-order valence-electron chi connectivity index (χ2n) is 7.22. The van der Waals surface area contributed by atoms with E-state index in [1.54, 1.807) is 34.1 Å². The van der Waals surface area contributed by atoms with Gasteiger partial charge in [-0.25, -0.2) is 0 Å². The molecule has 1 heterocycles. The van der Waals surface area contributed by atoms with Crippen molar-refractivity contribution in [3.63, 3.8) is 0 Å². The zero-order valence-corrected chi connectivity index (χ0v) is 16.5. The van der Waals surface area contributed by atoms with Crippen LogP contribution in [0.2, 0.25) is 0 Å². The highest BCUT2D eigenvalue weighted by Crippen LogP contribution is 2.29. The molecule has 0 atom stereocenters. The van der Waals surface area contributed by atoms with Crippen molar-refractivity contribution in [1.82, 2.24) is 4.90 Å². The highest BCUT2D eigenvalue weighted by atomic mass is 16.2. The summed E-state index contributed by atoms with van der Waals surface area (Å²) in [5.74, 6) is -0.122. The number of nitrogens with zero attached hydrogens (tertiary/aromatic N) is 2. The van der Waals surface area contributed by atoms with E-state index >= 15 is 0 Å². The fourth-order valence-corrected chi connectivity index (χ4v) is 3.80. The largest absolute Gasteiger partial charge is 0.335 e. The monoisotopic (exact) mass is 384 g/mol. The average molecular weight is 384 g/mol. The Bertz CT molecular complexity index is 1030. The van der Waals surface area contributed by atoms with Crippen LogP contribution in [0.1, 0.15) is 38.8 Å². The van der Waals surface area contributed by atoms with Crippen molar-refractivity contribution in [1.29, 1.82) is 0 Å². The molecule has 0 N–H and O–H groups in total. The van der Waals surface area contributed by atoms with Crippen LogP contribution >= 0.6 is 0 Å². The lowest BCUT2D eigenvalue weighted by Gasteiger charge is -2.22. The lowest BCUT2D eigenvalue weighted by atomic mass is 10.1. The van der Waals surface area contributed by atoms with Crippen LogP contribution in [0, 0.1) is 0 Å². The number of rotatable bonds is 5. The van der Waals surface area contributed by atoms with Crippen molar-refractivity contribution in [2.24, 2.45) is 0 Å². The quantitative estimate of drug-likeness (QED) is 0.647. The molecule has 0 aliphatic carbocycles. The summed E-state index contributed by atoms with van der Waals surface area (Å²) in [4.78, 5) is 29.8. The van der Waals surface area contributed by atoms with Crippen LogP contribution in [-0.4, -0.2) is 29.8 Å². The van der Waals surface area contributed by atoms with Crippen molar-refractivity contribution in [2.45, 2.75) is 19.9 Å². The Kier molecular flexibility index (Phi) is 5.43. The fraction of sp³-hybridized carbons (Fsp3) is 0.200. The van der Waals surface area contributed by atoms with Gasteiger partial charge >= 0.3 is 0 Å². The molecule has 0 fully saturated rings. The van der Waals surface area contributed by atoms with Gasteiger partial charge in [-0.1, -0.05) is 54.6 Å². The summed E-state index contributed by atoms with van der Waals surface area (Å²) >= 11 is 0. The first kappa shape index (κ1) is 18.9. The summed E-state index contributed by atoms with van der Waals surface area (Å²) in [7, 11) is 0. The highest BCUT2D eigenvalue weighted by Gasteiger charge is 2.26. The Morgan fingerprint density at radius 3 is 2.41 bits per heavy atom. The Morgan fingerprint density at radius 1 is 0.897 bits per heavy atom. The molecule has 29 heavy (non-hydrogen) atoms. The summed E-state index contributed by atoms with van der Waals surface area (Å²) < 4.78 is 0. The van der Waals surface area contributed by atoms with Gasteiger partial charge in [-0.05, 0) is 48.7 Å². The van der Waals surface area contributed by atoms with E-state index in [1.165, 1.54) is 5.56 Å². The van der Waals surface area contributed by atoms with Crippen molar-refractivity contribution in [2.75, 3.05) is 18.0 Å². The van der Waals surface area contributed by atoms with Crippen LogP contribution in [0.5, 0.6) is 0 Å². The lowest BCUT2D eigenvalue weighted by molar-refractivity contribution is 0.0752. The van der Waals surface area contributed by atoms with Crippen molar-refractivity contribution in [3.8, 4) is 0 Å². The van der Waals surface area contributed by atoms with Gasteiger partial charge in [0.1, 0.15) is 0 Å². The van der Waals surface area contributed by atoms with E-state index in [4.69, 9.17) is 0 Å². The molecule has 4 nitrogen and oxygen atoms in total. The smallest absolute Gasteiger partial charge is 0.258 e. The first-order chi connectivity index (χ1) is 14.2. The van der Waals surface area contributed by atoms with Crippen LogP contribution in [0.25, 0.3) is 0 Å². The van der Waals surface area contributed by atoms with Crippen LogP contribution in [0.3, 0.4) is 0 Å². The topological polar surface area (TPSA) is 40.6 Å². The molecule has 4 heteroatoms. The number of anilines is 1. The zero-order chi connectivity index (χ0) is 20.2. The molecule has 0 saturated carbocycles. The molecule has 0 bridgehead atoms. The fourth-order valence-electron chi connectivity index (χ4n) is 3.80. The summed E-state index contributed by atoms with van der Waals surface area (Å²) in [5, 5.41) is 0. The van der Waals surface area contributed by atoms with Gasteiger partial charge in [0.25, 0.3) is 11.8 Å². The minimum atomic E-state index is -0.0622. The van der Waals surface area contributed by atoms with E-state index < -0.39 is 0 Å². The number of para-hydroxylation sites is 1. The minimum Gasteiger partial charge on any atom is -0.335 e. The third kappa shape index (κ3) is 3.92. The van der Waals surface area contributed by atoms with Gasteiger partial charge in [-0.15, -0.1) is 0 Å². The molecule has 0 aromatic heterocycles.